The molecule has 7 saturated heterocycles. The van der Waals surface area contributed by atoms with Crippen LogP contribution in [0, 0.1) is 0 Å². The molecule has 0 aliphatic carbocycles. The van der Waals surface area contributed by atoms with E-state index in [1.165, 1.54) is 199 Å². The SMILES string of the molecule is C.CC.CC.CC.CC.CC.CC.CC.CC(C)N1CCC1.CC(C)N1CCCC1.CC(C)N1CCCCC1.CC(C)N1CCCCCC1.CC(C)N1CCCCCCC1.CC(C)N1CCNCC1.CC(C)N1CCSCC1. The molecular weight excluding hydrogens is 973 g/mol. The van der Waals surface area contributed by atoms with Gasteiger partial charge in [0.05, 0.1) is 0 Å². The van der Waals surface area contributed by atoms with Gasteiger partial charge in [-0.1, -0.05) is 143 Å². The van der Waals surface area contributed by atoms with Crippen LogP contribution in [0.15, 0.2) is 0 Å². The number of rotatable bonds is 7. The maximum absolute atomic E-state index is 3.33. The molecule has 484 valence electrons. The highest BCUT2D eigenvalue weighted by atomic mass is 32.2. The van der Waals surface area contributed by atoms with Gasteiger partial charge in [-0.15, -0.1) is 0 Å². The van der Waals surface area contributed by atoms with Crippen LogP contribution >= 0.6 is 11.8 Å². The van der Waals surface area contributed by atoms with E-state index in [1.807, 2.05) is 96.9 Å². The first kappa shape index (κ1) is 94.4. The Kier molecular flexibility index (Phi) is 90.8. The number of nitrogens with zero attached hydrogens (tertiary/aromatic N) is 7. The van der Waals surface area contributed by atoms with Crippen molar-refractivity contribution in [2.45, 2.75) is 340 Å². The summed E-state index contributed by atoms with van der Waals surface area (Å²) in [6.45, 7) is 80.5. The number of piperazine rings is 1. The number of thioether (sulfide) groups is 1. The zero-order valence-electron chi connectivity index (χ0n) is 59.4. The summed E-state index contributed by atoms with van der Waals surface area (Å²) in [5.41, 5.74) is 0. The number of likely N-dealkylation sites (tertiary alicyclic amines) is 5. The van der Waals surface area contributed by atoms with E-state index in [-0.39, 0.29) is 7.43 Å². The van der Waals surface area contributed by atoms with Crippen molar-refractivity contribution in [3.8, 4) is 0 Å². The van der Waals surface area contributed by atoms with Crippen LogP contribution in [0.2, 0.25) is 0 Å². The molecular formula is C69H162N8S. The molecule has 7 aliphatic heterocycles. The second-order valence-corrected chi connectivity index (χ2v) is 22.8. The highest BCUT2D eigenvalue weighted by Crippen LogP contribution is 2.15. The molecule has 0 bridgehead atoms. The average Bonchev–Trinajstić information content (AvgIpc) is 3.86. The summed E-state index contributed by atoms with van der Waals surface area (Å²) in [4.78, 5) is 17.8. The third-order valence-electron chi connectivity index (χ3n) is 14.3. The van der Waals surface area contributed by atoms with E-state index in [0.29, 0.717) is 0 Å². The first-order valence-corrected chi connectivity index (χ1v) is 35.8. The van der Waals surface area contributed by atoms with Gasteiger partial charge in [-0.25, -0.2) is 0 Å². The fraction of sp³-hybridized carbons (Fsp3) is 1.00. The standard InChI is InChI=1S/C10H21N.C9H19N.C8H17N.C7H16N2.C7H15NS.C7H15N.C6H13N.7C2H6.CH4/c1-10(2)11-8-6-4-3-5-7-9-11;1-9(2)10-7-5-3-4-6-8-10;1-8(2)9-6-4-3-5-7-9;1-7(2)9-5-3-8-4-6-9;1-7(2)8-3-5-9-6-4-8;1-7(2)8-5-3-4-6-8;1-6(2)7-4-3-5-7;7*1-2;/h10H,3-9H2,1-2H3;9H,3-8H2,1-2H3;8H,3-7H2,1-2H3;7-8H,3-6H2,1-2H3;7H,3-6H2,1-2H3;7H,3-6H2,1-2H3;6H,3-5H2,1-2H3;7*1-2H3;1H4. The van der Waals surface area contributed by atoms with E-state index in [4.69, 9.17) is 0 Å². The summed E-state index contributed by atoms with van der Waals surface area (Å²) in [6, 6.07) is 5.33. The molecule has 7 rings (SSSR count). The average molecular weight is 1140 g/mol. The lowest BCUT2D eigenvalue weighted by atomic mass is 10.1. The molecule has 7 fully saturated rings. The van der Waals surface area contributed by atoms with Gasteiger partial charge in [0.25, 0.3) is 0 Å². The van der Waals surface area contributed by atoms with E-state index in [2.05, 4.69) is 148 Å². The number of hydrogen-bond donors (Lipinski definition) is 1. The van der Waals surface area contributed by atoms with Crippen molar-refractivity contribution in [1.29, 1.82) is 0 Å². The van der Waals surface area contributed by atoms with Gasteiger partial charge in [-0.05, 0) is 220 Å². The van der Waals surface area contributed by atoms with Crippen molar-refractivity contribution in [3.05, 3.63) is 0 Å². The summed E-state index contributed by atoms with van der Waals surface area (Å²) in [7, 11) is 0. The summed E-state index contributed by atoms with van der Waals surface area (Å²) in [5.74, 6) is 2.66. The number of hydrogen-bond acceptors (Lipinski definition) is 9. The van der Waals surface area contributed by atoms with Crippen molar-refractivity contribution in [2.24, 2.45) is 0 Å². The van der Waals surface area contributed by atoms with Crippen molar-refractivity contribution in [2.75, 3.05) is 116 Å². The maximum atomic E-state index is 3.33. The molecule has 0 unspecified atom stereocenters. The van der Waals surface area contributed by atoms with E-state index >= 15 is 0 Å². The van der Waals surface area contributed by atoms with Crippen LogP contribution in [0.4, 0.5) is 0 Å². The molecule has 0 saturated carbocycles. The van der Waals surface area contributed by atoms with Crippen molar-refractivity contribution in [1.82, 2.24) is 39.6 Å². The zero-order valence-corrected chi connectivity index (χ0v) is 60.2. The summed E-state index contributed by atoms with van der Waals surface area (Å²) in [5, 5.41) is 3.33. The van der Waals surface area contributed by atoms with Crippen LogP contribution in [-0.4, -0.2) is 193 Å². The minimum atomic E-state index is 0. The molecule has 8 nitrogen and oxygen atoms in total. The summed E-state index contributed by atoms with van der Waals surface area (Å²) < 4.78 is 0. The topological polar surface area (TPSA) is 34.7 Å². The van der Waals surface area contributed by atoms with Crippen molar-refractivity contribution >= 4 is 11.8 Å². The van der Waals surface area contributed by atoms with Crippen LogP contribution in [0.1, 0.15) is 298 Å². The Balaban J connectivity index is -0.000000118. The number of piperidine rings is 1. The van der Waals surface area contributed by atoms with Gasteiger partial charge in [0.1, 0.15) is 0 Å². The van der Waals surface area contributed by atoms with Crippen LogP contribution in [-0.2, 0) is 0 Å². The van der Waals surface area contributed by atoms with Crippen molar-refractivity contribution < 1.29 is 0 Å². The molecule has 0 aromatic heterocycles. The van der Waals surface area contributed by atoms with Gasteiger partial charge in [-0.3, -0.25) is 9.80 Å². The molecule has 7 aliphatic rings. The van der Waals surface area contributed by atoms with Gasteiger partial charge in [0, 0.05) is 93.1 Å². The van der Waals surface area contributed by atoms with Crippen LogP contribution in [0.25, 0.3) is 0 Å². The Morgan fingerprint density at radius 3 is 0.538 bits per heavy atom. The van der Waals surface area contributed by atoms with Gasteiger partial charge in [-0.2, -0.15) is 11.8 Å². The van der Waals surface area contributed by atoms with E-state index in [9.17, 15) is 0 Å². The first-order chi connectivity index (χ1) is 37.1. The second kappa shape index (κ2) is 75.0. The largest absolute Gasteiger partial charge is 0.314 e. The van der Waals surface area contributed by atoms with E-state index in [1.54, 1.807) is 0 Å². The fourth-order valence-corrected chi connectivity index (χ4v) is 10.2. The monoisotopic (exact) mass is 1140 g/mol. The van der Waals surface area contributed by atoms with Crippen LogP contribution < -0.4 is 5.32 Å². The molecule has 78 heavy (non-hydrogen) atoms. The molecule has 0 atom stereocenters. The summed E-state index contributed by atoms with van der Waals surface area (Å²) >= 11 is 2.07. The molecule has 7 heterocycles. The minimum absolute atomic E-state index is 0. The quantitative estimate of drug-likeness (QED) is 0.268. The third kappa shape index (κ3) is 60.6. The predicted molar refractivity (Wildman–Crippen MR) is 373 cm³/mol. The Morgan fingerprint density at radius 2 is 0.372 bits per heavy atom. The minimum Gasteiger partial charge on any atom is -0.314 e. The van der Waals surface area contributed by atoms with Crippen LogP contribution in [0.3, 0.4) is 0 Å². The smallest absolute Gasteiger partial charge is 0.0110 e. The Hall–Kier alpha value is 0.0300. The maximum Gasteiger partial charge on any atom is 0.0110 e. The third-order valence-corrected chi connectivity index (χ3v) is 15.2. The van der Waals surface area contributed by atoms with E-state index < -0.39 is 0 Å². The molecule has 0 amide bonds. The van der Waals surface area contributed by atoms with Gasteiger partial charge >= 0.3 is 0 Å². The fourth-order valence-electron chi connectivity index (χ4n) is 9.24. The van der Waals surface area contributed by atoms with Crippen LogP contribution in [0.5, 0.6) is 0 Å². The molecule has 0 aromatic rings. The highest BCUT2D eigenvalue weighted by molar-refractivity contribution is 7.99. The van der Waals surface area contributed by atoms with Gasteiger partial charge in [0.2, 0.25) is 0 Å². The molecule has 0 aromatic carbocycles. The zero-order chi connectivity index (χ0) is 60.8. The highest BCUT2D eigenvalue weighted by Gasteiger charge is 2.17. The Bertz CT molecular complexity index is 900. The molecule has 9 heteroatoms. The first-order valence-electron chi connectivity index (χ1n) is 34.6. The van der Waals surface area contributed by atoms with Crippen molar-refractivity contribution in [3.63, 3.8) is 0 Å². The number of nitrogens with one attached hydrogen (secondary N) is 1. The predicted octanol–water partition coefficient (Wildman–Crippen LogP) is 19.0. The lowest BCUT2D eigenvalue weighted by Gasteiger charge is -2.34. The molecule has 0 spiro atoms. The summed E-state index contributed by atoms with van der Waals surface area (Å²) in [6.07, 6.45) is 21.4. The lowest BCUT2D eigenvalue weighted by Crippen LogP contribution is -2.46. The Morgan fingerprint density at radius 1 is 0.218 bits per heavy atom. The van der Waals surface area contributed by atoms with Gasteiger partial charge < -0.3 is 29.8 Å². The Labute approximate surface area is 505 Å². The van der Waals surface area contributed by atoms with Gasteiger partial charge in [0.15, 0.2) is 0 Å². The molecule has 1 N–H and O–H groups in total. The van der Waals surface area contributed by atoms with E-state index in [0.717, 1.165) is 55.4 Å². The normalized spacial score (nSPS) is 19.1. The second-order valence-electron chi connectivity index (χ2n) is 21.6. The molecule has 0 radical (unpaired) electrons. The lowest BCUT2D eigenvalue weighted by molar-refractivity contribution is 0.138.